The third-order valence-electron chi connectivity index (χ3n) is 11.0. The lowest BCUT2D eigenvalue weighted by molar-refractivity contribution is -0.169. The first-order valence-corrected chi connectivity index (χ1v) is 13.3. The van der Waals surface area contributed by atoms with E-state index in [1.807, 2.05) is 19.9 Å². The minimum absolute atomic E-state index is 0.00651. The van der Waals surface area contributed by atoms with Crippen molar-refractivity contribution < 1.29 is 19.5 Å². The quantitative estimate of drug-likeness (QED) is 0.404. The highest BCUT2D eigenvalue weighted by Gasteiger charge is 2.71. The molecule has 0 saturated heterocycles. The summed E-state index contributed by atoms with van der Waals surface area (Å²) in [6, 6.07) is 0. The molecule has 0 aromatic rings. The van der Waals surface area contributed by atoms with Crippen LogP contribution in [0.15, 0.2) is 23.8 Å². The summed E-state index contributed by atoms with van der Waals surface area (Å²) >= 11 is 0. The number of aliphatic hydroxyl groups is 1. The maximum absolute atomic E-state index is 13.9. The number of hydrogen-bond donors (Lipinski definition) is 1. The van der Waals surface area contributed by atoms with Gasteiger partial charge in [-0.1, -0.05) is 32.9 Å². The molecule has 188 valence electrons. The number of allylic oxidation sites excluding steroid dienone is 3. The first-order chi connectivity index (χ1) is 15.6. The van der Waals surface area contributed by atoms with E-state index in [2.05, 4.69) is 26.8 Å². The summed E-state index contributed by atoms with van der Waals surface area (Å²) in [4.78, 5) is 39.6. The Morgan fingerprint density at radius 3 is 2.38 bits per heavy atom. The molecule has 4 aliphatic carbocycles. The highest BCUT2D eigenvalue weighted by Crippen LogP contribution is 2.73. The molecule has 0 aliphatic heterocycles. The van der Waals surface area contributed by atoms with Crippen molar-refractivity contribution >= 4 is 17.9 Å². The van der Waals surface area contributed by atoms with E-state index in [4.69, 9.17) is 0 Å². The lowest BCUT2D eigenvalue weighted by Crippen LogP contribution is -2.63. The molecule has 7 unspecified atom stereocenters. The average Bonchev–Trinajstić information content (AvgIpc) is 3.01. The third kappa shape index (κ3) is 3.45. The summed E-state index contributed by atoms with van der Waals surface area (Å²) in [5.74, 6) is 0.847. The molecule has 0 bridgehead atoms. The fraction of sp³-hybridized carbons (Fsp3) is 0.767. The third-order valence-corrected chi connectivity index (χ3v) is 11.0. The zero-order valence-electron chi connectivity index (χ0n) is 22.2. The zero-order chi connectivity index (χ0) is 25.3. The largest absolute Gasteiger partial charge is 0.386 e. The van der Waals surface area contributed by atoms with Crippen LogP contribution in [0.2, 0.25) is 0 Å². The Kier molecular flexibility index (Phi) is 5.99. The van der Waals surface area contributed by atoms with E-state index in [0.29, 0.717) is 24.7 Å². The first kappa shape index (κ1) is 25.5. The van der Waals surface area contributed by atoms with E-state index in [-0.39, 0.29) is 34.2 Å². The van der Waals surface area contributed by atoms with Crippen LogP contribution < -0.4 is 0 Å². The Bertz CT molecular complexity index is 949. The Balaban J connectivity index is 1.72. The zero-order valence-corrected chi connectivity index (χ0v) is 22.2. The van der Waals surface area contributed by atoms with Crippen molar-refractivity contribution in [3.05, 3.63) is 23.8 Å². The van der Waals surface area contributed by atoms with Gasteiger partial charge in [0, 0.05) is 23.2 Å². The molecule has 1 N–H and O–H groups in total. The Hall–Kier alpha value is -1.55. The minimum Gasteiger partial charge on any atom is -0.386 e. The van der Waals surface area contributed by atoms with Crippen LogP contribution in [-0.2, 0) is 14.4 Å². The SMILES string of the molecule is CC(CC=CC(C)(C)O)C1CCC2(C)C3C(=O)C=C4C(CCC(=O)C4(C)C)C3(C=O)CCC12C. The van der Waals surface area contributed by atoms with Gasteiger partial charge in [0.25, 0.3) is 0 Å². The van der Waals surface area contributed by atoms with Gasteiger partial charge in [0.15, 0.2) is 5.78 Å². The summed E-state index contributed by atoms with van der Waals surface area (Å²) in [5.41, 5.74) is -1.52. The second-order valence-electron chi connectivity index (χ2n) is 13.6. The molecule has 3 fully saturated rings. The van der Waals surface area contributed by atoms with Crippen molar-refractivity contribution in [3.63, 3.8) is 0 Å². The summed E-state index contributed by atoms with van der Waals surface area (Å²) in [6.45, 7) is 14.4. The molecule has 34 heavy (non-hydrogen) atoms. The van der Waals surface area contributed by atoms with Crippen LogP contribution in [0.1, 0.15) is 93.4 Å². The normalized spacial score (nSPS) is 42.6. The second kappa shape index (κ2) is 7.98. The van der Waals surface area contributed by atoms with Gasteiger partial charge in [-0.25, -0.2) is 0 Å². The minimum atomic E-state index is -0.810. The van der Waals surface area contributed by atoms with Gasteiger partial charge < -0.3 is 9.90 Å². The molecule has 4 heteroatoms. The van der Waals surface area contributed by atoms with Crippen LogP contribution >= 0.6 is 0 Å². The van der Waals surface area contributed by atoms with Gasteiger partial charge in [0.1, 0.15) is 12.1 Å². The number of ketones is 2. The van der Waals surface area contributed by atoms with E-state index in [1.54, 1.807) is 19.9 Å². The molecular formula is C30H44O4. The lowest BCUT2D eigenvalue weighted by atomic mass is 9.38. The molecule has 0 amide bonds. The van der Waals surface area contributed by atoms with Gasteiger partial charge in [-0.2, -0.15) is 0 Å². The summed E-state index contributed by atoms with van der Waals surface area (Å²) < 4.78 is 0. The molecule has 4 nitrogen and oxygen atoms in total. The Morgan fingerprint density at radius 1 is 1.09 bits per heavy atom. The number of fused-ring (bicyclic) bond motifs is 5. The Morgan fingerprint density at radius 2 is 1.76 bits per heavy atom. The number of rotatable bonds is 5. The predicted octanol–water partition coefficient (Wildman–Crippen LogP) is 5.87. The van der Waals surface area contributed by atoms with Crippen molar-refractivity contribution in [2.75, 3.05) is 0 Å². The molecule has 0 heterocycles. The fourth-order valence-electron chi connectivity index (χ4n) is 8.87. The van der Waals surface area contributed by atoms with Crippen molar-refractivity contribution in [2.24, 2.45) is 45.3 Å². The van der Waals surface area contributed by atoms with E-state index in [9.17, 15) is 19.5 Å². The number of Topliss-reactive ketones (excluding diaryl/α,β-unsaturated/α-hetero) is 1. The van der Waals surface area contributed by atoms with Crippen LogP contribution in [0.25, 0.3) is 0 Å². The van der Waals surface area contributed by atoms with Gasteiger partial charge in [-0.15, -0.1) is 0 Å². The predicted molar refractivity (Wildman–Crippen MR) is 134 cm³/mol. The van der Waals surface area contributed by atoms with Gasteiger partial charge >= 0.3 is 0 Å². The highest BCUT2D eigenvalue weighted by molar-refractivity contribution is 6.01. The molecular weight excluding hydrogens is 424 g/mol. The van der Waals surface area contributed by atoms with Crippen LogP contribution in [0.5, 0.6) is 0 Å². The van der Waals surface area contributed by atoms with Gasteiger partial charge in [0.05, 0.1) is 5.60 Å². The van der Waals surface area contributed by atoms with E-state index in [1.165, 1.54) is 0 Å². The Labute approximate surface area is 205 Å². The van der Waals surface area contributed by atoms with Gasteiger partial charge in [-0.3, -0.25) is 9.59 Å². The molecule has 7 atom stereocenters. The number of carbonyl (C=O) groups is 3. The van der Waals surface area contributed by atoms with Gasteiger partial charge in [-0.05, 0) is 106 Å². The van der Waals surface area contributed by atoms with Crippen molar-refractivity contribution in [1.29, 1.82) is 0 Å². The number of aldehydes is 1. The van der Waals surface area contributed by atoms with Crippen molar-refractivity contribution in [3.8, 4) is 0 Å². The molecule has 0 spiro atoms. The second-order valence-corrected chi connectivity index (χ2v) is 13.6. The van der Waals surface area contributed by atoms with Crippen LogP contribution in [0.3, 0.4) is 0 Å². The summed E-state index contributed by atoms with van der Waals surface area (Å²) in [5, 5.41) is 10.1. The first-order valence-electron chi connectivity index (χ1n) is 13.3. The average molecular weight is 469 g/mol. The molecule has 0 aromatic heterocycles. The van der Waals surface area contributed by atoms with E-state index in [0.717, 1.165) is 44.0 Å². The molecule has 0 radical (unpaired) electrons. The molecule has 4 aliphatic rings. The molecule has 0 aromatic carbocycles. The van der Waals surface area contributed by atoms with Crippen LogP contribution in [0, 0.1) is 45.3 Å². The molecule has 4 rings (SSSR count). The van der Waals surface area contributed by atoms with Crippen molar-refractivity contribution in [2.45, 2.75) is 99.0 Å². The maximum Gasteiger partial charge on any atom is 0.160 e. The smallest absolute Gasteiger partial charge is 0.160 e. The standard InChI is InChI=1S/C30H44O4/c1-19(9-8-13-26(2,3)34)20-12-14-29(7)25-23(32)17-22-21(10-11-24(33)27(22,4)5)30(25,18-31)16-15-28(20,29)6/h8,13,17-21,25,34H,9-12,14-16H2,1-7H3. The highest BCUT2D eigenvalue weighted by atomic mass is 16.3. The van der Waals surface area contributed by atoms with E-state index >= 15 is 0 Å². The van der Waals surface area contributed by atoms with Crippen LogP contribution in [0.4, 0.5) is 0 Å². The lowest BCUT2D eigenvalue weighted by Gasteiger charge is -2.63. The topological polar surface area (TPSA) is 71.4 Å². The number of carbonyl (C=O) groups excluding carboxylic acids is 3. The maximum atomic E-state index is 13.9. The summed E-state index contributed by atoms with van der Waals surface area (Å²) in [7, 11) is 0. The van der Waals surface area contributed by atoms with E-state index < -0.39 is 16.4 Å². The number of hydrogen-bond acceptors (Lipinski definition) is 4. The fourth-order valence-corrected chi connectivity index (χ4v) is 8.87. The molecule has 3 saturated carbocycles. The summed E-state index contributed by atoms with van der Waals surface area (Å²) in [6.07, 6.45) is 12.7. The van der Waals surface area contributed by atoms with Crippen LogP contribution in [-0.4, -0.2) is 28.6 Å². The van der Waals surface area contributed by atoms with Crippen molar-refractivity contribution in [1.82, 2.24) is 0 Å². The van der Waals surface area contributed by atoms with Gasteiger partial charge in [0.2, 0.25) is 0 Å². The monoisotopic (exact) mass is 468 g/mol.